The zero-order valence-electron chi connectivity index (χ0n) is 15.0. The van der Waals surface area contributed by atoms with E-state index in [9.17, 15) is 4.79 Å². The fourth-order valence-corrected chi connectivity index (χ4v) is 2.88. The smallest absolute Gasteiger partial charge is 0.276 e. The van der Waals surface area contributed by atoms with Crippen molar-refractivity contribution in [1.82, 2.24) is 10.2 Å². The van der Waals surface area contributed by atoms with Gasteiger partial charge in [-0.2, -0.15) is 0 Å². The molecule has 0 radical (unpaired) electrons. The molecule has 2 N–H and O–H groups in total. The predicted molar refractivity (Wildman–Crippen MR) is 107 cm³/mol. The lowest BCUT2D eigenvalue weighted by Crippen LogP contribution is -2.17. The fraction of sp³-hybridized carbons (Fsp3) is 0.150. The molecule has 0 fully saturated rings. The average molecular weight is 397 g/mol. The number of aryl methyl sites for hydroxylation is 1. The molecule has 142 valence electrons. The number of nitrogens with one attached hydrogen (secondary N) is 2. The van der Waals surface area contributed by atoms with Crippen LogP contribution in [-0.2, 0) is 0 Å². The van der Waals surface area contributed by atoms with Crippen LogP contribution in [-0.4, -0.2) is 29.3 Å². The molecular formula is C20H17ClN4O3. The first-order valence-corrected chi connectivity index (χ1v) is 9.04. The van der Waals surface area contributed by atoms with Gasteiger partial charge in [0.2, 0.25) is 0 Å². The Hall–Kier alpha value is -3.32. The van der Waals surface area contributed by atoms with Crippen molar-refractivity contribution in [3.8, 4) is 11.5 Å². The second-order valence-corrected chi connectivity index (χ2v) is 6.64. The molecule has 8 heteroatoms. The van der Waals surface area contributed by atoms with E-state index in [1.807, 2.05) is 19.1 Å². The number of aromatic nitrogens is 2. The van der Waals surface area contributed by atoms with Crippen molar-refractivity contribution in [2.45, 2.75) is 6.92 Å². The number of hydrogen-bond donors (Lipinski definition) is 2. The molecule has 0 saturated carbocycles. The summed E-state index contributed by atoms with van der Waals surface area (Å²) in [6.45, 7) is 2.96. The second-order valence-electron chi connectivity index (χ2n) is 6.20. The molecule has 0 aliphatic carbocycles. The van der Waals surface area contributed by atoms with Gasteiger partial charge in [-0.25, -0.2) is 0 Å². The summed E-state index contributed by atoms with van der Waals surface area (Å²) in [6.07, 6.45) is 0. The SMILES string of the molecule is Cc1ccc(Cl)cc1Nc1ccc(C(=O)Nc2ccc3c(c2)OCCO3)nn1. The van der Waals surface area contributed by atoms with Crippen LogP contribution in [0.5, 0.6) is 11.5 Å². The van der Waals surface area contributed by atoms with Crippen molar-refractivity contribution < 1.29 is 14.3 Å². The Morgan fingerprint density at radius 3 is 2.61 bits per heavy atom. The average Bonchev–Trinajstić information content (AvgIpc) is 2.71. The third kappa shape index (κ3) is 3.99. The van der Waals surface area contributed by atoms with Crippen molar-refractivity contribution in [3.63, 3.8) is 0 Å². The Bertz CT molecular complexity index is 1020. The van der Waals surface area contributed by atoms with Gasteiger partial charge in [0.15, 0.2) is 23.0 Å². The Morgan fingerprint density at radius 2 is 1.82 bits per heavy atom. The van der Waals surface area contributed by atoms with Gasteiger partial charge in [-0.15, -0.1) is 10.2 Å². The van der Waals surface area contributed by atoms with Crippen LogP contribution in [0.1, 0.15) is 16.1 Å². The van der Waals surface area contributed by atoms with E-state index in [1.165, 1.54) is 0 Å². The van der Waals surface area contributed by atoms with Crippen molar-refractivity contribution in [1.29, 1.82) is 0 Å². The van der Waals surface area contributed by atoms with E-state index in [2.05, 4.69) is 20.8 Å². The Labute approximate surface area is 166 Å². The number of halogens is 1. The third-order valence-corrected chi connectivity index (χ3v) is 4.39. The Balaban J connectivity index is 1.45. The minimum atomic E-state index is -0.366. The lowest BCUT2D eigenvalue weighted by Gasteiger charge is -2.18. The van der Waals surface area contributed by atoms with E-state index in [4.69, 9.17) is 21.1 Å². The molecule has 7 nitrogen and oxygen atoms in total. The molecule has 1 aliphatic heterocycles. The maximum atomic E-state index is 12.4. The summed E-state index contributed by atoms with van der Waals surface area (Å²) in [4.78, 5) is 12.4. The van der Waals surface area contributed by atoms with E-state index in [0.717, 1.165) is 11.3 Å². The van der Waals surface area contributed by atoms with Gasteiger partial charge < -0.3 is 20.1 Å². The van der Waals surface area contributed by atoms with Gasteiger partial charge >= 0.3 is 0 Å². The van der Waals surface area contributed by atoms with Crippen LogP contribution in [0.25, 0.3) is 0 Å². The highest BCUT2D eigenvalue weighted by molar-refractivity contribution is 6.30. The monoisotopic (exact) mass is 396 g/mol. The highest BCUT2D eigenvalue weighted by atomic mass is 35.5. The minimum Gasteiger partial charge on any atom is -0.486 e. The Morgan fingerprint density at radius 1 is 1.00 bits per heavy atom. The number of ether oxygens (including phenoxy) is 2. The number of rotatable bonds is 4. The molecule has 0 bridgehead atoms. The van der Waals surface area contributed by atoms with Crippen LogP contribution in [0.4, 0.5) is 17.2 Å². The van der Waals surface area contributed by atoms with Crippen LogP contribution in [0, 0.1) is 6.92 Å². The summed E-state index contributed by atoms with van der Waals surface area (Å²) in [5.74, 6) is 1.42. The van der Waals surface area contributed by atoms with E-state index >= 15 is 0 Å². The van der Waals surface area contributed by atoms with E-state index in [0.29, 0.717) is 41.2 Å². The number of carbonyl (C=O) groups excluding carboxylic acids is 1. The van der Waals surface area contributed by atoms with Gasteiger partial charge in [-0.3, -0.25) is 4.79 Å². The van der Waals surface area contributed by atoms with Crippen LogP contribution in [0.2, 0.25) is 5.02 Å². The normalized spacial score (nSPS) is 12.4. The molecule has 0 spiro atoms. The lowest BCUT2D eigenvalue weighted by molar-refractivity contribution is 0.102. The molecule has 1 aliphatic rings. The first kappa shape index (κ1) is 18.1. The molecule has 0 atom stereocenters. The molecule has 2 heterocycles. The first-order valence-electron chi connectivity index (χ1n) is 8.66. The molecular weight excluding hydrogens is 380 g/mol. The Kier molecular flexibility index (Phi) is 4.99. The number of benzene rings is 2. The molecule has 1 aromatic heterocycles. The van der Waals surface area contributed by atoms with E-state index in [-0.39, 0.29) is 11.6 Å². The largest absolute Gasteiger partial charge is 0.486 e. The van der Waals surface area contributed by atoms with Gasteiger partial charge in [0.05, 0.1) is 0 Å². The molecule has 3 aromatic rings. The quantitative estimate of drug-likeness (QED) is 0.687. The maximum absolute atomic E-state index is 12.4. The van der Waals surface area contributed by atoms with Crippen LogP contribution in [0.3, 0.4) is 0 Å². The molecule has 0 saturated heterocycles. The number of anilines is 3. The molecule has 2 aromatic carbocycles. The number of carbonyl (C=O) groups is 1. The predicted octanol–water partition coefficient (Wildman–Crippen LogP) is 4.21. The highest BCUT2D eigenvalue weighted by Gasteiger charge is 2.14. The van der Waals surface area contributed by atoms with Gasteiger partial charge in [0.25, 0.3) is 5.91 Å². The van der Waals surface area contributed by atoms with Gasteiger partial charge in [-0.1, -0.05) is 17.7 Å². The zero-order chi connectivity index (χ0) is 19.5. The van der Waals surface area contributed by atoms with Crippen molar-refractivity contribution in [2.24, 2.45) is 0 Å². The van der Waals surface area contributed by atoms with Crippen LogP contribution >= 0.6 is 11.6 Å². The summed E-state index contributed by atoms with van der Waals surface area (Å²) in [7, 11) is 0. The summed E-state index contributed by atoms with van der Waals surface area (Å²) in [5, 5.41) is 14.6. The minimum absolute atomic E-state index is 0.197. The summed E-state index contributed by atoms with van der Waals surface area (Å²) in [5.41, 5.74) is 2.64. The molecule has 1 amide bonds. The highest BCUT2D eigenvalue weighted by Crippen LogP contribution is 2.32. The maximum Gasteiger partial charge on any atom is 0.276 e. The number of amides is 1. The summed E-state index contributed by atoms with van der Waals surface area (Å²) in [6, 6.07) is 14.0. The van der Waals surface area contributed by atoms with Gasteiger partial charge in [0.1, 0.15) is 13.2 Å². The van der Waals surface area contributed by atoms with E-state index in [1.54, 1.807) is 36.4 Å². The standard InChI is InChI=1S/C20H17ClN4O3/c1-12-2-3-13(21)10-16(12)23-19-7-5-15(24-25-19)20(26)22-14-4-6-17-18(11-14)28-9-8-27-17/h2-7,10-11H,8-9H2,1H3,(H,22,26)(H,23,25). The fourth-order valence-electron chi connectivity index (χ4n) is 2.70. The van der Waals surface area contributed by atoms with Crippen molar-refractivity contribution >= 4 is 34.7 Å². The van der Waals surface area contributed by atoms with Crippen molar-refractivity contribution in [3.05, 3.63) is 64.8 Å². The van der Waals surface area contributed by atoms with Gasteiger partial charge in [-0.05, 0) is 48.9 Å². The number of nitrogens with zero attached hydrogens (tertiary/aromatic N) is 2. The van der Waals surface area contributed by atoms with Crippen LogP contribution in [0.15, 0.2) is 48.5 Å². The van der Waals surface area contributed by atoms with E-state index < -0.39 is 0 Å². The lowest BCUT2D eigenvalue weighted by atomic mass is 10.2. The summed E-state index contributed by atoms with van der Waals surface area (Å²) >= 11 is 6.03. The summed E-state index contributed by atoms with van der Waals surface area (Å²) < 4.78 is 11.0. The second kappa shape index (κ2) is 7.74. The zero-order valence-corrected chi connectivity index (χ0v) is 15.8. The third-order valence-electron chi connectivity index (χ3n) is 4.16. The van der Waals surface area contributed by atoms with Crippen LogP contribution < -0.4 is 20.1 Å². The number of hydrogen-bond acceptors (Lipinski definition) is 6. The molecule has 0 unspecified atom stereocenters. The topological polar surface area (TPSA) is 85.4 Å². The molecule has 4 rings (SSSR count). The van der Waals surface area contributed by atoms with Crippen molar-refractivity contribution in [2.75, 3.05) is 23.8 Å². The number of fused-ring (bicyclic) bond motifs is 1. The van der Waals surface area contributed by atoms with Gasteiger partial charge in [0, 0.05) is 22.5 Å². The first-order chi connectivity index (χ1) is 13.6. The molecule has 28 heavy (non-hydrogen) atoms.